The zero-order valence-corrected chi connectivity index (χ0v) is 9.29. The van der Waals surface area contributed by atoms with Gasteiger partial charge in [-0.15, -0.1) is 0 Å². The molecule has 2 aromatic carbocycles. The summed E-state index contributed by atoms with van der Waals surface area (Å²) in [5.41, 5.74) is 0.724. The van der Waals surface area contributed by atoms with Crippen molar-refractivity contribution in [3.05, 3.63) is 58.3 Å². The smallest absolute Gasteiger partial charge is 0.235 e. The molecule has 0 N–H and O–H groups in total. The van der Waals surface area contributed by atoms with Gasteiger partial charge in [-0.1, -0.05) is 30.3 Å². The van der Waals surface area contributed by atoms with Crippen molar-refractivity contribution >= 4 is 16.8 Å². The topological polar surface area (TPSA) is 52.4 Å². The second kappa shape index (κ2) is 4.65. The Morgan fingerprint density at radius 1 is 1.24 bits per heavy atom. The van der Waals surface area contributed by atoms with E-state index in [0.717, 1.165) is 22.5 Å². The van der Waals surface area contributed by atoms with E-state index in [1.54, 1.807) is 7.11 Å². The Morgan fingerprint density at radius 2 is 2.00 bits per heavy atom. The Hall–Kier alpha value is -2.36. The van der Waals surface area contributed by atoms with Crippen LogP contribution in [0.5, 0.6) is 5.75 Å². The third kappa shape index (κ3) is 2.25. The van der Waals surface area contributed by atoms with E-state index in [1.807, 2.05) is 36.4 Å². The standard InChI is InChI=1S/C13H11NO3/c1-17-13-7-6-10-4-2-3-5-11(10)12(13)8-9-14(15)16/h2-9H,1H3. The zero-order valence-electron chi connectivity index (χ0n) is 9.29. The van der Waals surface area contributed by atoms with E-state index in [9.17, 15) is 10.1 Å². The second-order valence-corrected chi connectivity index (χ2v) is 3.50. The molecule has 4 heteroatoms. The molecule has 2 rings (SSSR count). The molecule has 0 unspecified atom stereocenters. The summed E-state index contributed by atoms with van der Waals surface area (Å²) in [4.78, 5) is 9.90. The van der Waals surface area contributed by atoms with Crippen molar-refractivity contribution in [3.8, 4) is 5.75 Å². The minimum atomic E-state index is -0.485. The Balaban J connectivity index is 2.67. The first-order valence-corrected chi connectivity index (χ1v) is 5.10. The van der Waals surface area contributed by atoms with Crippen LogP contribution in [0, 0.1) is 10.1 Å². The predicted octanol–water partition coefficient (Wildman–Crippen LogP) is 3.10. The molecule has 0 heterocycles. The quantitative estimate of drug-likeness (QED) is 0.600. The second-order valence-electron chi connectivity index (χ2n) is 3.50. The minimum absolute atomic E-state index is 0.485. The summed E-state index contributed by atoms with van der Waals surface area (Å²) in [6.45, 7) is 0. The summed E-state index contributed by atoms with van der Waals surface area (Å²) in [6, 6.07) is 11.4. The number of hydrogen-bond donors (Lipinski definition) is 0. The molecule has 0 atom stereocenters. The predicted molar refractivity (Wildman–Crippen MR) is 66.5 cm³/mol. The highest BCUT2D eigenvalue weighted by atomic mass is 16.6. The first kappa shape index (κ1) is 11.1. The molecule has 0 amide bonds. The Morgan fingerprint density at radius 3 is 2.71 bits per heavy atom. The van der Waals surface area contributed by atoms with E-state index >= 15 is 0 Å². The van der Waals surface area contributed by atoms with Gasteiger partial charge in [-0.05, 0) is 16.8 Å². The highest BCUT2D eigenvalue weighted by Crippen LogP contribution is 2.28. The van der Waals surface area contributed by atoms with Crippen molar-refractivity contribution in [2.45, 2.75) is 0 Å². The fourth-order valence-electron chi connectivity index (χ4n) is 1.76. The first-order valence-electron chi connectivity index (χ1n) is 5.10. The summed E-state index contributed by atoms with van der Waals surface area (Å²) in [6.07, 6.45) is 2.38. The highest BCUT2D eigenvalue weighted by molar-refractivity contribution is 5.92. The van der Waals surface area contributed by atoms with Gasteiger partial charge in [0, 0.05) is 11.6 Å². The molecular formula is C13H11NO3. The lowest BCUT2D eigenvalue weighted by molar-refractivity contribution is -0.400. The zero-order chi connectivity index (χ0) is 12.3. The van der Waals surface area contributed by atoms with Crippen LogP contribution < -0.4 is 4.74 Å². The van der Waals surface area contributed by atoms with Crippen LogP contribution in [0.1, 0.15) is 5.56 Å². The summed E-state index contributed by atoms with van der Waals surface area (Å²) in [5.74, 6) is 0.627. The Kier molecular flexibility index (Phi) is 3.05. The lowest BCUT2D eigenvalue weighted by Gasteiger charge is -2.07. The van der Waals surface area contributed by atoms with E-state index in [-0.39, 0.29) is 0 Å². The fourth-order valence-corrected chi connectivity index (χ4v) is 1.76. The summed E-state index contributed by atoms with van der Waals surface area (Å²) < 4.78 is 5.21. The number of ether oxygens (including phenoxy) is 1. The molecule has 0 saturated heterocycles. The SMILES string of the molecule is COc1ccc2ccccc2c1C=C[N+](=O)[O-]. The Labute approximate surface area is 98.3 Å². The van der Waals surface area contributed by atoms with Gasteiger partial charge in [-0.3, -0.25) is 10.1 Å². The average molecular weight is 229 g/mol. The van der Waals surface area contributed by atoms with Gasteiger partial charge in [0.2, 0.25) is 6.20 Å². The van der Waals surface area contributed by atoms with Crippen molar-refractivity contribution in [3.63, 3.8) is 0 Å². The summed E-state index contributed by atoms with van der Waals surface area (Å²) >= 11 is 0. The lowest BCUT2D eigenvalue weighted by Crippen LogP contribution is -1.90. The maximum atomic E-state index is 10.4. The van der Waals surface area contributed by atoms with Crippen LogP contribution in [0.2, 0.25) is 0 Å². The van der Waals surface area contributed by atoms with Crippen molar-refractivity contribution in [2.24, 2.45) is 0 Å². The monoisotopic (exact) mass is 229 g/mol. The van der Waals surface area contributed by atoms with Crippen LogP contribution in [-0.2, 0) is 0 Å². The van der Waals surface area contributed by atoms with E-state index < -0.39 is 4.92 Å². The molecule has 0 bridgehead atoms. The maximum absolute atomic E-state index is 10.4. The van der Waals surface area contributed by atoms with Gasteiger partial charge in [0.15, 0.2) is 0 Å². The Bertz CT molecular complexity index is 590. The number of hydrogen-bond acceptors (Lipinski definition) is 3. The lowest BCUT2D eigenvalue weighted by atomic mass is 10.0. The molecule has 86 valence electrons. The van der Waals surface area contributed by atoms with Crippen molar-refractivity contribution in [1.82, 2.24) is 0 Å². The molecule has 0 saturated carbocycles. The number of methoxy groups -OCH3 is 1. The van der Waals surface area contributed by atoms with E-state index in [1.165, 1.54) is 6.08 Å². The molecule has 17 heavy (non-hydrogen) atoms. The highest BCUT2D eigenvalue weighted by Gasteiger charge is 2.06. The number of nitro groups is 1. The number of benzene rings is 2. The van der Waals surface area contributed by atoms with Crippen LogP contribution in [0.15, 0.2) is 42.6 Å². The number of nitrogens with zero attached hydrogens (tertiary/aromatic N) is 1. The van der Waals surface area contributed by atoms with Gasteiger partial charge in [0.05, 0.1) is 12.0 Å². The average Bonchev–Trinajstić information content (AvgIpc) is 2.35. The molecule has 0 aliphatic heterocycles. The van der Waals surface area contributed by atoms with Gasteiger partial charge < -0.3 is 4.74 Å². The molecular weight excluding hydrogens is 218 g/mol. The van der Waals surface area contributed by atoms with Crippen LogP contribution in [0.4, 0.5) is 0 Å². The minimum Gasteiger partial charge on any atom is -0.496 e. The molecule has 2 aromatic rings. The van der Waals surface area contributed by atoms with Crippen molar-refractivity contribution in [1.29, 1.82) is 0 Å². The van der Waals surface area contributed by atoms with Crippen molar-refractivity contribution in [2.75, 3.05) is 7.11 Å². The van der Waals surface area contributed by atoms with Gasteiger partial charge in [0.1, 0.15) is 5.75 Å². The number of fused-ring (bicyclic) bond motifs is 1. The third-order valence-corrected chi connectivity index (χ3v) is 2.51. The van der Waals surface area contributed by atoms with Crippen LogP contribution in [0.25, 0.3) is 16.8 Å². The molecule has 0 radical (unpaired) electrons. The molecule has 0 aliphatic rings. The normalized spacial score (nSPS) is 10.9. The van der Waals surface area contributed by atoms with Gasteiger partial charge in [-0.25, -0.2) is 0 Å². The van der Waals surface area contributed by atoms with Gasteiger partial charge >= 0.3 is 0 Å². The molecule has 0 aliphatic carbocycles. The summed E-state index contributed by atoms with van der Waals surface area (Å²) in [7, 11) is 1.55. The molecule has 4 nitrogen and oxygen atoms in total. The number of rotatable bonds is 3. The first-order chi connectivity index (χ1) is 8.22. The molecule has 0 fully saturated rings. The van der Waals surface area contributed by atoms with E-state index in [0.29, 0.717) is 5.75 Å². The third-order valence-electron chi connectivity index (χ3n) is 2.51. The summed E-state index contributed by atoms with van der Waals surface area (Å²) in [5, 5.41) is 12.3. The van der Waals surface area contributed by atoms with Crippen LogP contribution >= 0.6 is 0 Å². The van der Waals surface area contributed by atoms with Crippen LogP contribution in [0.3, 0.4) is 0 Å². The maximum Gasteiger partial charge on any atom is 0.235 e. The van der Waals surface area contributed by atoms with Crippen LogP contribution in [-0.4, -0.2) is 12.0 Å². The van der Waals surface area contributed by atoms with Gasteiger partial charge in [0.25, 0.3) is 0 Å². The fraction of sp³-hybridized carbons (Fsp3) is 0.0769. The largest absolute Gasteiger partial charge is 0.496 e. The molecule has 0 spiro atoms. The van der Waals surface area contributed by atoms with Gasteiger partial charge in [-0.2, -0.15) is 0 Å². The van der Waals surface area contributed by atoms with E-state index in [4.69, 9.17) is 4.74 Å². The molecule has 0 aromatic heterocycles. The van der Waals surface area contributed by atoms with Crippen molar-refractivity contribution < 1.29 is 9.66 Å². The van der Waals surface area contributed by atoms with E-state index in [2.05, 4.69) is 0 Å².